The number of para-hydroxylation sites is 1. The lowest BCUT2D eigenvalue weighted by atomic mass is 10.0. The first-order valence-corrected chi connectivity index (χ1v) is 8.70. The monoisotopic (exact) mass is 331 g/mol. The van der Waals surface area contributed by atoms with Crippen LogP contribution < -0.4 is 5.32 Å². The molecule has 0 spiro atoms. The van der Waals surface area contributed by atoms with Crippen molar-refractivity contribution in [3.05, 3.63) is 83.7 Å². The minimum atomic E-state index is -0.0552. The summed E-state index contributed by atoms with van der Waals surface area (Å²) in [6, 6.07) is 20.2. The highest BCUT2D eigenvalue weighted by Crippen LogP contribution is 2.41. The Balaban J connectivity index is 1.58. The highest BCUT2D eigenvalue weighted by Gasteiger charge is 2.34. The predicted octanol–water partition coefficient (Wildman–Crippen LogP) is 4.06. The fourth-order valence-corrected chi connectivity index (χ4v) is 3.24. The van der Waals surface area contributed by atoms with E-state index in [0.29, 0.717) is 11.5 Å². The van der Waals surface area contributed by atoms with Gasteiger partial charge in [-0.25, -0.2) is 4.68 Å². The molecule has 1 amide bonds. The summed E-state index contributed by atoms with van der Waals surface area (Å²) in [7, 11) is 0. The van der Waals surface area contributed by atoms with Crippen LogP contribution in [0.15, 0.2) is 66.9 Å². The topological polar surface area (TPSA) is 46.9 Å². The maximum absolute atomic E-state index is 12.9. The summed E-state index contributed by atoms with van der Waals surface area (Å²) in [6.45, 7) is 1.93. The molecule has 1 unspecified atom stereocenters. The third kappa shape index (κ3) is 3.20. The van der Waals surface area contributed by atoms with Crippen LogP contribution in [0.3, 0.4) is 0 Å². The van der Waals surface area contributed by atoms with Crippen LogP contribution >= 0.6 is 0 Å². The van der Waals surface area contributed by atoms with Crippen LogP contribution in [0, 0.1) is 12.8 Å². The van der Waals surface area contributed by atoms with E-state index in [9.17, 15) is 4.79 Å². The largest absolute Gasteiger partial charge is 0.345 e. The molecule has 2 aromatic carbocycles. The van der Waals surface area contributed by atoms with Crippen LogP contribution in [0.4, 0.5) is 0 Å². The van der Waals surface area contributed by atoms with Gasteiger partial charge in [-0.2, -0.15) is 5.10 Å². The normalized spacial score (nSPS) is 14.9. The lowest BCUT2D eigenvalue weighted by Gasteiger charge is -2.18. The van der Waals surface area contributed by atoms with Crippen molar-refractivity contribution in [2.45, 2.75) is 25.8 Å². The van der Waals surface area contributed by atoms with Crippen molar-refractivity contribution in [1.29, 1.82) is 0 Å². The Labute approximate surface area is 147 Å². The van der Waals surface area contributed by atoms with Crippen LogP contribution in [0.2, 0.25) is 0 Å². The average molecular weight is 331 g/mol. The number of amides is 1. The highest BCUT2D eigenvalue weighted by molar-refractivity contribution is 5.95. The second-order valence-corrected chi connectivity index (χ2v) is 6.59. The zero-order chi connectivity index (χ0) is 17.2. The summed E-state index contributed by atoms with van der Waals surface area (Å²) >= 11 is 0. The fourth-order valence-electron chi connectivity index (χ4n) is 3.24. The molecule has 0 radical (unpaired) electrons. The molecule has 1 saturated carbocycles. The Bertz CT molecular complexity index is 867. The minimum absolute atomic E-state index is 0.0552. The van der Waals surface area contributed by atoms with E-state index in [4.69, 9.17) is 0 Å². The maximum Gasteiger partial charge on any atom is 0.255 e. The quantitative estimate of drug-likeness (QED) is 0.766. The van der Waals surface area contributed by atoms with E-state index in [2.05, 4.69) is 22.5 Å². The van der Waals surface area contributed by atoms with Gasteiger partial charge in [-0.3, -0.25) is 4.79 Å². The lowest BCUT2D eigenvalue weighted by Crippen LogP contribution is -2.30. The molecular weight excluding hydrogens is 310 g/mol. The Morgan fingerprint density at radius 2 is 1.72 bits per heavy atom. The molecular formula is C21H21N3O. The summed E-state index contributed by atoms with van der Waals surface area (Å²) in [4.78, 5) is 12.9. The van der Waals surface area contributed by atoms with Gasteiger partial charge in [0.25, 0.3) is 5.91 Å². The van der Waals surface area contributed by atoms with Crippen LogP contribution in [-0.4, -0.2) is 15.7 Å². The summed E-state index contributed by atoms with van der Waals surface area (Å²) in [5, 5.41) is 7.63. The molecule has 1 atom stereocenters. The number of benzene rings is 2. The van der Waals surface area contributed by atoms with Crippen molar-refractivity contribution in [1.82, 2.24) is 15.1 Å². The number of carbonyl (C=O) groups is 1. The Hall–Kier alpha value is -2.88. The van der Waals surface area contributed by atoms with Gasteiger partial charge in [0.15, 0.2) is 0 Å². The Kier molecular flexibility index (Phi) is 4.10. The molecule has 1 N–H and O–H groups in total. The van der Waals surface area contributed by atoms with Gasteiger partial charge in [-0.15, -0.1) is 0 Å². The Morgan fingerprint density at radius 3 is 2.36 bits per heavy atom. The van der Waals surface area contributed by atoms with E-state index >= 15 is 0 Å². The Morgan fingerprint density at radius 1 is 1.08 bits per heavy atom. The van der Waals surface area contributed by atoms with Crippen molar-refractivity contribution >= 4 is 5.91 Å². The van der Waals surface area contributed by atoms with Gasteiger partial charge in [0.1, 0.15) is 0 Å². The number of rotatable bonds is 5. The van der Waals surface area contributed by atoms with Gasteiger partial charge < -0.3 is 5.32 Å². The smallest absolute Gasteiger partial charge is 0.255 e. The molecule has 4 rings (SSSR count). The van der Waals surface area contributed by atoms with Gasteiger partial charge in [-0.1, -0.05) is 48.5 Å². The lowest BCUT2D eigenvalue weighted by molar-refractivity contribution is 0.0931. The van der Waals surface area contributed by atoms with Crippen LogP contribution in [0.5, 0.6) is 0 Å². The maximum atomic E-state index is 12.9. The number of hydrogen-bond donors (Lipinski definition) is 1. The van der Waals surface area contributed by atoms with Crippen molar-refractivity contribution in [3.63, 3.8) is 0 Å². The molecule has 0 bridgehead atoms. The van der Waals surface area contributed by atoms with E-state index in [1.807, 2.05) is 60.1 Å². The number of nitrogens with zero attached hydrogens (tertiary/aromatic N) is 2. The first-order chi connectivity index (χ1) is 12.2. The molecule has 1 heterocycles. The summed E-state index contributed by atoms with van der Waals surface area (Å²) in [6.07, 6.45) is 4.00. The summed E-state index contributed by atoms with van der Waals surface area (Å²) < 4.78 is 1.81. The number of carbonyl (C=O) groups excluding carboxylic acids is 1. The fraction of sp³-hybridized carbons (Fsp3) is 0.238. The first-order valence-electron chi connectivity index (χ1n) is 8.70. The molecule has 1 aromatic heterocycles. The molecule has 1 aliphatic rings. The van der Waals surface area contributed by atoms with Gasteiger partial charge >= 0.3 is 0 Å². The van der Waals surface area contributed by atoms with Gasteiger partial charge in [0.05, 0.1) is 29.2 Å². The van der Waals surface area contributed by atoms with E-state index in [1.165, 1.54) is 18.4 Å². The van der Waals surface area contributed by atoms with E-state index < -0.39 is 0 Å². The third-order valence-electron chi connectivity index (χ3n) is 4.79. The van der Waals surface area contributed by atoms with Crippen molar-refractivity contribution in [2.75, 3.05) is 0 Å². The molecule has 1 aliphatic carbocycles. The van der Waals surface area contributed by atoms with Crippen molar-refractivity contribution in [3.8, 4) is 5.69 Å². The minimum Gasteiger partial charge on any atom is -0.345 e. The van der Waals surface area contributed by atoms with E-state index in [-0.39, 0.29) is 11.9 Å². The molecule has 4 heteroatoms. The molecule has 4 nitrogen and oxygen atoms in total. The molecule has 1 fully saturated rings. The average Bonchev–Trinajstić information content (AvgIpc) is 3.42. The number of aromatic nitrogens is 2. The SMILES string of the molecule is Cc1c(C(=O)NC(c2ccccc2)C2CC2)cnn1-c1ccccc1. The van der Waals surface area contributed by atoms with Crippen LogP contribution in [-0.2, 0) is 0 Å². The van der Waals surface area contributed by atoms with Gasteiger partial charge in [0, 0.05) is 0 Å². The molecule has 3 aromatic rings. The second-order valence-electron chi connectivity index (χ2n) is 6.59. The van der Waals surface area contributed by atoms with Crippen LogP contribution in [0.1, 0.15) is 40.5 Å². The van der Waals surface area contributed by atoms with E-state index in [0.717, 1.165) is 11.4 Å². The van der Waals surface area contributed by atoms with Crippen molar-refractivity contribution in [2.24, 2.45) is 5.92 Å². The van der Waals surface area contributed by atoms with Gasteiger partial charge in [-0.05, 0) is 43.4 Å². The second kappa shape index (κ2) is 6.55. The van der Waals surface area contributed by atoms with Gasteiger partial charge in [0.2, 0.25) is 0 Å². The molecule has 0 aliphatic heterocycles. The highest BCUT2D eigenvalue weighted by atomic mass is 16.1. The molecule has 0 saturated heterocycles. The van der Waals surface area contributed by atoms with Crippen molar-refractivity contribution < 1.29 is 4.79 Å². The summed E-state index contributed by atoms with van der Waals surface area (Å²) in [5.41, 5.74) is 3.61. The predicted molar refractivity (Wildman–Crippen MR) is 97.7 cm³/mol. The molecule has 25 heavy (non-hydrogen) atoms. The number of hydrogen-bond acceptors (Lipinski definition) is 2. The zero-order valence-electron chi connectivity index (χ0n) is 14.2. The summed E-state index contributed by atoms with van der Waals surface area (Å²) in [5.74, 6) is 0.483. The van der Waals surface area contributed by atoms with Crippen LogP contribution in [0.25, 0.3) is 5.69 Å². The standard InChI is InChI=1S/C21H21N3O/c1-15-19(14-22-24(15)18-10-6-3-7-11-18)21(25)23-20(17-12-13-17)16-8-4-2-5-9-16/h2-11,14,17,20H,12-13H2,1H3,(H,23,25). The number of nitrogens with one attached hydrogen (secondary N) is 1. The van der Waals surface area contributed by atoms with E-state index in [1.54, 1.807) is 6.20 Å². The first kappa shape index (κ1) is 15.6. The molecule has 126 valence electrons. The third-order valence-corrected chi connectivity index (χ3v) is 4.79. The zero-order valence-corrected chi connectivity index (χ0v) is 14.2.